The fourth-order valence-electron chi connectivity index (χ4n) is 4.40. The van der Waals surface area contributed by atoms with E-state index in [-0.39, 0.29) is 18.4 Å². The Labute approximate surface area is 213 Å². The topological polar surface area (TPSA) is 89.6 Å². The first-order valence-corrected chi connectivity index (χ1v) is 12.7. The summed E-state index contributed by atoms with van der Waals surface area (Å²) in [7, 11) is 1.61. The van der Waals surface area contributed by atoms with Gasteiger partial charge in [0.1, 0.15) is 22.7 Å². The number of carbonyl (C=O) groups is 2. The molecular formula is C27H26N4O4S. The van der Waals surface area contributed by atoms with Crippen molar-refractivity contribution in [2.24, 2.45) is 0 Å². The van der Waals surface area contributed by atoms with Crippen molar-refractivity contribution in [3.8, 4) is 17.2 Å². The molecule has 0 bridgehead atoms. The van der Waals surface area contributed by atoms with Crippen molar-refractivity contribution in [3.63, 3.8) is 0 Å². The number of ether oxygens (including phenoxy) is 1. The maximum atomic E-state index is 13.9. The van der Waals surface area contributed by atoms with Crippen LogP contribution < -0.4 is 15.0 Å². The highest BCUT2D eigenvalue weighted by Crippen LogP contribution is 2.35. The van der Waals surface area contributed by atoms with Gasteiger partial charge in [0, 0.05) is 23.2 Å². The first-order valence-electron chi connectivity index (χ1n) is 11.4. The Morgan fingerprint density at radius 1 is 1.17 bits per heavy atom. The van der Waals surface area contributed by atoms with Crippen molar-refractivity contribution >= 4 is 29.3 Å². The molecule has 0 fully saturated rings. The van der Waals surface area contributed by atoms with Gasteiger partial charge in [-0.15, -0.1) is 11.8 Å². The van der Waals surface area contributed by atoms with Crippen LogP contribution in [-0.4, -0.2) is 40.5 Å². The van der Waals surface area contributed by atoms with Gasteiger partial charge in [-0.25, -0.2) is 0 Å². The molecule has 3 heterocycles. The van der Waals surface area contributed by atoms with Crippen LogP contribution in [0, 0.1) is 0 Å². The van der Waals surface area contributed by atoms with Gasteiger partial charge in [-0.1, -0.05) is 18.2 Å². The molecule has 8 nitrogen and oxygen atoms in total. The van der Waals surface area contributed by atoms with E-state index in [1.807, 2.05) is 54.8 Å². The molecule has 1 aliphatic rings. The van der Waals surface area contributed by atoms with Gasteiger partial charge in [0.2, 0.25) is 5.91 Å². The number of benzene rings is 2. The lowest BCUT2D eigenvalue weighted by atomic mass is 9.94. The van der Waals surface area contributed by atoms with E-state index < -0.39 is 5.54 Å². The van der Waals surface area contributed by atoms with Gasteiger partial charge < -0.3 is 14.5 Å². The van der Waals surface area contributed by atoms with Crippen LogP contribution >= 0.6 is 11.8 Å². The quantitative estimate of drug-likeness (QED) is 0.371. The number of hydrogen-bond donors (Lipinski definition) is 1. The predicted octanol–water partition coefficient (Wildman–Crippen LogP) is 4.61. The average Bonchev–Trinajstić information content (AvgIpc) is 3.58. The lowest BCUT2D eigenvalue weighted by Crippen LogP contribution is -2.64. The molecule has 0 spiro atoms. The van der Waals surface area contributed by atoms with Crippen LogP contribution in [0.25, 0.3) is 11.5 Å². The van der Waals surface area contributed by atoms with E-state index in [0.717, 1.165) is 16.2 Å². The summed E-state index contributed by atoms with van der Waals surface area (Å²) < 4.78 is 12.3. The van der Waals surface area contributed by atoms with Gasteiger partial charge in [-0.2, -0.15) is 5.10 Å². The number of nitrogens with zero attached hydrogens (tertiary/aromatic N) is 3. The molecule has 0 saturated carbocycles. The number of anilines is 1. The van der Waals surface area contributed by atoms with E-state index in [1.165, 1.54) is 0 Å². The molecule has 2 aromatic heterocycles. The first-order chi connectivity index (χ1) is 17.4. The molecule has 184 valence electrons. The van der Waals surface area contributed by atoms with E-state index in [2.05, 4.69) is 10.4 Å². The third-order valence-electron chi connectivity index (χ3n) is 6.34. The number of aromatic nitrogens is 2. The minimum Gasteiger partial charge on any atom is -0.497 e. The summed E-state index contributed by atoms with van der Waals surface area (Å²) in [5.74, 6) is 0.730. The maximum Gasteiger partial charge on any atom is 0.277 e. The molecule has 2 amide bonds. The monoisotopic (exact) mass is 502 g/mol. The molecular weight excluding hydrogens is 476 g/mol. The molecule has 1 N–H and O–H groups in total. The smallest absolute Gasteiger partial charge is 0.277 e. The Balaban J connectivity index is 1.51. The third kappa shape index (κ3) is 4.26. The number of carbonyl (C=O) groups excluding carboxylic acids is 2. The molecule has 0 saturated heterocycles. The molecule has 2 aromatic carbocycles. The fourth-order valence-corrected chi connectivity index (χ4v) is 4.85. The van der Waals surface area contributed by atoms with Crippen molar-refractivity contribution < 1.29 is 18.7 Å². The van der Waals surface area contributed by atoms with Gasteiger partial charge in [0.05, 0.1) is 19.9 Å². The minimum atomic E-state index is -1.22. The van der Waals surface area contributed by atoms with Gasteiger partial charge in [-0.3, -0.25) is 19.2 Å². The Kier molecular flexibility index (Phi) is 6.32. The van der Waals surface area contributed by atoms with Crippen molar-refractivity contribution in [2.75, 3.05) is 18.3 Å². The molecule has 1 atom stereocenters. The molecule has 1 aliphatic heterocycles. The summed E-state index contributed by atoms with van der Waals surface area (Å²) in [6.45, 7) is 2.28. The van der Waals surface area contributed by atoms with E-state index in [1.54, 1.807) is 59.8 Å². The van der Waals surface area contributed by atoms with Crippen LogP contribution in [0.15, 0.2) is 82.3 Å². The van der Waals surface area contributed by atoms with Crippen LogP contribution in [0.4, 0.5) is 5.69 Å². The summed E-state index contributed by atoms with van der Waals surface area (Å²) >= 11 is 1.58. The summed E-state index contributed by atoms with van der Waals surface area (Å²) in [5.41, 5.74) is 1.30. The Bertz CT molecular complexity index is 1400. The number of furan rings is 1. The Morgan fingerprint density at radius 2 is 1.97 bits per heavy atom. The van der Waals surface area contributed by atoms with Crippen molar-refractivity contribution in [1.82, 2.24) is 15.1 Å². The predicted molar refractivity (Wildman–Crippen MR) is 138 cm³/mol. The van der Waals surface area contributed by atoms with Crippen LogP contribution in [0.1, 0.15) is 23.0 Å². The van der Waals surface area contributed by atoms with Gasteiger partial charge >= 0.3 is 0 Å². The van der Waals surface area contributed by atoms with Crippen molar-refractivity contribution in [1.29, 1.82) is 0 Å². The Morgan fingerprint density at radius 3 is 2.67 bits per heavy atom. The SMILES string of the molecule is COc1ccc(CNC(=O)C2(C)Cn3nc(-c4ccco4)cc3C(=O)N2c2cccc(SC)c2)cc1. The largest absolute Gasteiger partial charge is 0.497 e. The normalized spacial score (nSPS) is 17.1. The zero-order chi connectivity index (χ0) is 25.3. The second-order valence-corrected chi connectivity index (χ2v) is 9.58. The highest BCUT2D eigenvalue weighted by atomic mass is 32.2. The molecule has 36 heavy (non-hydrogen) atoms. The van der Waals surface area contributed by atoms with Gasteiger partial charge in [0.15, 0.2) is 5.76 Å². The number of rotatable bonds is 7. The number of nitrogens with one attached hydrogen (secondary N) is 1. The lowest BCUT2D eigenvalue weighted by molar-refractivity contribution is -0.126. The number of methoxy groups -OCH3 is 1. The second-order valence-electron chi connectivity index (χ2n) is 8.70. The number of hydrogen-bond acceptors (Lipinski definition) is 6. The van der Waals surface area contributed by atoms with Crippen LogP contribution in [-0.2, 0) is 17.9 Å². The average molecular weight is 503 g/mol. The number of thioether (sulfide) groups is 1. The molecule has 9 heteroatoms. The van der Waals surface area contributed by atoms with Crippen molar-refractivity contribution in [3.05, 3.63) is 84.3 Å². The number of amides is 2. The van der Waals surface area contributed by atoms with E-state index in [4.69, 9.17) is 9.15 Å². The van der Waals surface area contributed by atoms with Crippen LogP contribution in [0.2, 0.25) is 0 Å². The van der Waals surface area contributed by atoms with E-state index >= 15 is 0 Å². The highest BCUT2D eigenvalue weighted by Gasteiger charge is 2.49. The summed E-state index contributed by atoms with van der Waals surface area (Å²) in [6.07, 6.45) is 3.54. The standard InChI is InChI=1S/C27H26N4O4S/c1-27(26(33)28-16-18-9-11-20(34-2)12-10-18)17-30-23(15-22(29-30)24-8-5-13-35-24)25(32)31(27)19-6-4-7-21(14-19)36-3/h4-15H,16-17H2,1-3H3,(H,28,33). The Hall–Kier alpha value is -3.98. The molecule has 0 aliphatic carbocycles. The van der Waals surface area contributed by atoms with Crippen LogP contribution in [0.3, 0.4) is 0 Å². The van der Waals surface area contributed by atoms with Crippen LogP contribution in [0.5, 0.6) is 5.75 Å². The summed E-state index contributed by atoms with van der Waals surface area (Å²) in [4.78, 5) is 30.2. The van der Waals surface area contributed by atoms with Gasteiger partial charge in [-0.05, 0) is 61.2 Å². The van der Waals surface area contributed by atoms with Gasteiger partial charge in [0.25, 0.3) is 5.91 Å². The molecule has 0 radical (unpaired) electrons. The second kappa shape index (κ2) is 9.58. The maximum absolute atomic E-state index is 13.9. The lowest BCUT2D eigenvalue weighted by Gasteiger charge is -2.43. The molecule has 4 aromatic rings. The minimum absolute atomic E-state index is 0.187. The number of fused-ring (bicyclic) bond motifs is 1. The summed E-state index contributed by atoms with van der Waals surface area (Å²) in [6, 6.07) is 20.4. The third-order valence-corrected chi connectivity index (χ3v) is 7.07. The van der Waals surface area contributed by atoms with E-state index in [9.17, 15) is 9.59 Å². The first kappa shape index (κ1) is 23.7. The highest BCUT2D eigenvalue weighted by molar-refractivity contribution is 7.98. The fraction of sp³-hybridized carbons (Fsp3) is 0.222. The summed E-state index contributed by atoms with van der Waals surface area (Å²) in [5, 5.41) is 7.62. The van der Waals surface area contributed by atoms with E-state index in [0.29, 0.717) is 29.4 Å². The zero-order valence-corrected chi connectivity index (χ0v) is 21.0. The zero-order valence-electron chi connectivity index (χ0n) is 20.2. The van der Waals surface area contributed by atoms with Crippen molar-refractivity contribution in [2.45, 2.75) is 30.4 Å². The molecule has 5 rings (SSSR count). The molecule has 1 unspecified atom stereocenters.